The number of carbonyl (C=O) groups is 5. The van der Waals surface area contributed by atoms with E-state index < -0.39 is 159 Å². The fourth-order valence-electron chi connectivity index (χ4n) is 9.35. The maximum absolute atomic E-state index is 14.6. The van der Waals surface area contributed by atoms with E-state index in [1.54, 1.807) is 6.92 Å². The molecule has 0 aromatic rings. The predicted molar refractivity (Wildman–Crippen MR) is 250 cm³/mol. The number of carbonyl (C=O) groups excluding carboxylic acids is 5. The molecule has 1 amide bonds. The third-order valence-electron chi connectivity index (χ3n) is 14.1. The van der Waals surface area contributed by atoms with Crippen LogP contribution in [0.5, 0.6) is 0 Å². The Kier molecular flexibility index (Phi) is 15.9. The number of aliphatic hydroxyl groups is 3. The lowest BCUT2D eigenvalue weighted by Crippen LogP contribution is -2.61. The second-order valence-electron chi connectivity index (χ2n) is 18.8. The highest BCUT2D eigenvalue weighted by Gasteiger charge is 2.53. The van der Waals surface area contributed by atoms with Gasteiger partial charge in [0, 0.05) is 68.0 Å². The summed E-state index contributed by atoms with van der Waals surface area (Å²) in [4.78, 5) is 73.1. The highest BCUT2D eigenvalue weighted by atomic mass is 16.6. The first-order chi connectivity index (χ1) is 34.9. The van der Waals surface area contributed by atoms with Crippen molar-refractivity contribution in [1.29, 1.82) is 0 Å². The van der Waals surface area contributed by atoms with Crippen molar-refractivity contribution in [3.8, 4) is 0 Å². The van der Waals surface area contributed by atoms with Crippen molar-refractivity contribution in [1.82, 2.24) is 4.90 Å². The minimum Gasteiger partial charge on any atom is -0.460 e. The molecule has 4 aliphatic rings. The fourth-order valence-corrected chi connectivity index (χ4v) is 9.35. The number of hydrogen-bond donors (Lipinski definition) is 3. The zero-order valence-corrected chi connectivity index (χ0v) is 40.1. The number of cyclic esters (lactones) is 1. The maximum Gasteiger partial charge on any atom is 0.329 e. The molecule has 3 heterocycles. The molecule has 14 heteroatoms. The van der Waals surface area contributed by atoms with Crippen LogP contribution >= 0.6 is 0 Å². The summed E-state index contributed by atoms with van der Waals surface area (Å²) in [5.41, 5.74) is 0.133. The molecule has 4 rings (SSSR count). The Bertz CT molecular complexity index is 2190. The van der Waals surface area contributed by atoms with Crippen LogP contribution in [0.15, 0.2) is 47.6 Å². The number of methoxy groups -OCH3 is 3. The Labute approximate surface area is 407 Å². The predicted octanol–water partition coefficient (Wildman–Crippen LogP) is 6.43. The summed E-state index contributed by atoms with van der Waals surface area (Å²) >= 11 is 0. The van der Waals surface area contributed by atoms with Crippen LogP contribution in [0.1, 0.15) is 140 Å². The number of nitrogens with zero attached hydrogens (tertiary/aromatic N) is 1. The van der Waals surface area contributed by atoms with E-state index in [0.29, 0.717) is 38.5 Å². The second-order valence-corrected chi connectivity index (χ2v) is 18.8. The van der Waals surface area contributed by atoms with E-state index in [-0.39, 0.29) is 30.0 Å². The summed E-state index contributed by atoms with van der Waals surface area (Å²) in [6.07, 6.45) is -2.35. The summed E-state index contributed by atoms with van der Waals surface area (Å²) in [7, 11) is -0.394. The number of aliphatic hydroxyl groups excluding tert-OH is 2. The van der Waals surface area contributed by atoms with Crippen LogP contribution < -0.4 is 0 Å². The first kappa shape index (κ1) is 41.6. The van der Waals surface area contributed by atoms with Gasteiger partial charge in [0.1, 0.15) is 30.1 Å². The quantitative estimate of drug-likeness (QED) is 0.150. The smallest absolute Gasteiger partial charge is 0.329 e. The van der Waals surface area contributed by atoms with Crippen LogP contribution in [-0.4, -0.2) is 132 Å². The van der Waals surface area contributed by atoms with Crippen LogP contribution in [0, 0.1) is 41.4 Å². The van der Waals surface area contributed by atoms with Gasteiger partial charge in [0.2, 0.25) is 5.79 Å². The molecule has 3 fully saturated rings. The van der Waals surface area contributed by atoms with Gasteiger partial charge >= 0.3 is 5.97 Å². The van der Waals surface area contributed by atoms with Gasteiger partial charge in [-0.1, -0.05) is 77.9 Å². The summed E-state index contributed by atoms with van der Waals surface area (Å²) in [6.45, 7) is 6.61. The number of amides is 1. The molecule has 16 atom stereocenters. The number of Topliss-reactive ketones (excluding diaryl/α,β-unsaturated/α-hetero) is 3. The third kappa shape index (κ3) is 13.9. The van der Waals surface area contributed by atoms with Crippen molar-refractivity contribution in [2.24, 2.45) is 41.4 Å². The normalized spacial score (nSPS) is 45.5. The van der Waals surface area contributed by atoms with Gasteiger partial charge in [-0.25, -0.2) is 4.79 Å². The standard InChI is InChI=1S/C52H81NO13/c1-30-17-13-12-14-18-31(2)43(62-9)28-39-22-20-35(6)52(61,66-39)49(58)50(59)53-24-16-15-19-40(53)51(60)65-44(33(4)26-38-21-23-41(54)45(27-38)63-10)29-42(55)32(3)25-34(5)46(56)48(64-11)47(57)37(8)36(30)7/h12-14,17-18,25,30,32-33,35-41,43-46,48,54,56,61H,15-16,19-24,26-29H2,1-11H3/b14-12?,17-13+,31-18?,34-25+/t30-,32-,33-,35-,36?,37-,38+,39+,40+,41-,43+,44+,45-,46-,48-,52-/m1/s1/i3D3,9D3,20D2,30D,36D. The molecule has 66 heavy (non-hydrogen) atoms. The van der Waals surface area contributed by atoms with E-state index >= 15 is 0 Å². The van der Waals surface area contributed by atoms with Gasteiger partial charge in [-0.05, 0) is 106 Å². The van der Waals surface area contributed by atoms with Gasteiger partial charge in [0.05, 0.1) is 28.5 Å². The van der Waals surface area contributed by atoms with Gasteiger partial charge in [0.25, 0.3) is 11.7 Å². The van der Waals surface area contributed by atoms with Crippen LogP contribution in [0.25, 0.3) is 0 Å². The number of fused-ring (bicyclic) bond motifs is 3. The molecule has 14 nitrogen and oxygen atoms in total. The van der Waals surface area contributed by atoms with Crippen molar-refractivity contribution >= 4 is 29.2 Å². The summed E-state index contributed by atoms with van der Waals surface area (Å²) in [5, 5.41) is 34.3. The van der Waals surface area contributed by atoms with Gasteiger partial charge in [-0.15, -0.1) is 0 Å². The van der Waals surface area contributed by atoms with Crippen LogP contribution in [-0.2, 0) is 47.7 Å². The highest BCUT2D eigenvalue weighted by molar-refractivity contribution is 6.39. The molecule has 1 saturated carbocycles. The number of rotatable bonds is 6. The molecular formula is C52H81NO13. The molecule has 2 saturated heterocycles. The minimum absolute atomic E-state index is 0.0403. The topological polar surface area (TPSA) is 195 Å². The number of ether oxygens (including phenoxy) is 5. The minimum atomic E-state index is -3.13. The van der Waals surface area contributed by atoms with Crippen LogP contribution in [0.2, 0.25) is 0 Å². The largest absolute Gasteiger partial charge is 0.460 e. The number of allylic oxidation sites excluding steroid dienone is 6. The van der Waals surface area contributed by atoms with E-state index in [2.05, 4.69) is 0 Å². The van der Waals surface area contributed by atoms with Crippen molar-refractivity contribution < 1.29 is 76.7 Å². The first-order valence-corrected chi connectivity index (χ1v) is 23.3. The summed E-state index contributed by atoms with van der Waals surface area (Å²) < 4.78 is 114. The molecule has 3 aliphatic heterocycles. The second kappa shape index (κ2) is 25.3. The van der Waals surface area contributed by atoms with Crippen molar-refractivity contribution in [2.75, 3.05) is 27.8 Å². The number of esters is 1. The Balaban J connectivity index is 1.89. The van der Waals surface area contributed by atoms with Crippen LogP contribution in [0.3, 0.4) is 0 Å². The molecule has 0 aromatic heterocycles. The lowest BCUT2D eigenvalue weighted by atomic mass is 9.78. The molecule has 0 spiro atoms. The van der Waals surface area contributed by atoms with Crippen molar-refractivity contribution in [2.45, 2.75) is 180 Å². The molecule has 1 aliphatic carbocycles. The van der Waals surface area contributed by atoms with Gasteiger partial charge in [-0.2, -0.15) is 0 Å². The average molecular weight is 938 g/mol. The third-order valence-corrected chi connectivity index (χ3v) is 14.1. The molecule has 0 radical (unpaired) electrons. The highest BCUT2D eigenvalue weighted by Crippen LogP contribution is 2.38. The Morgan fingerprint density at radius 2 is 1.70 bits per heavy atom. The number of ketones is 3. The van der Waals surface area contributed by atoms with E-state index in [0.717, 1.165) is 18.1 Å². The SMILES string of the molecule is [2H]C([2H])([2H])O[C@H]1C[C@@H]2CC([2H])([2H])[C@@H](C)[C@@](O)(O2)C(=O)C(=O)N2CCCC[C@H]2C(=O)O[C@H]([C@H](C)C[C@@H]2CC[C@@H](O)[C@H](OC)C2)CC(=O)[C@H](C([2H])([2H])[2H])/C=C(\C)[C@@H](O)[C@@H](OC)C(=O)[C@H](C)C([2H])(C)[C@]([2H])(C)/C=C/C=CC=C1C. The maximum atomic E-state index is 14.6. The lowest BCUT2D eigenvalue weighted by Gasteiger charge is -2.42. The molecule has 1 unspecified atom stereocenters. The zero-order chi connectivity index (χ0) is 57.7. The van der Waals surface area contributed by atoms with Gasteiger partial charge in [-0.3, -0.25) is 19.2 Å². The van der Waals surface area contributed by atoms with Gasteiger partial charge < -0.3 is 43.9 Å². The Morgan fingerprint density at radius 1 is 0.955 bits per heavy atom. The Morgan fingerprint density at radius 3 is 2.38 bits per heavy atom. The van der Waals surface area contributed by atoms with Crippen molar-refractivity contribution in [3.05, 3.63) is 47.6 Å². The molecule has 372 valence electrons. The van der Waals surface area contributed by atoms with Gasteiger partial charge in [0.15, 0.2) is 5.78 Å². The lowest BCUT2D eigenvalue weighted by molar-refractivity contribution is -0.265. The summed E-state index contributed by atoms with van der Waals surface area (Å²) in [6, 6.07) is -1.48. The summed E-state index contributed by atoms with van der Waals surface area (Å²) in [5.74, 6) is -18.3. The molecule has 2 bridgehead atoms. The number of piperidine rings is 1. The van der Waals surface area contributed by atoms with E-state index in [9.17, 15) is 40.7 Å². The average Bonchev–Trinajstić information content (AvgIpc) is 3.32. The molecular weight excluding hydrogens is 847 g/mol. The fraction of sp³-hybridized carbons (Fsp3) is 0.750. The number of hydrogen-bond acceptors (Lipinski definition) is 13. The first-order valence-electron chi connectivity index (χ1n) is 28.3. The van der Waals surface area contributed by atoms with E-state index in [1.165, 1.54) is 79.0 Å². The van der Waals surface area contributed by atoms with E-state index in [1.807, 2.05) is 0 Å². The Hall–Kier alpha value is -3.37. The zero-order valence-electron chi connectivity index (χ0n) is 50.1. The van der Waals surface area contributed by atoms with Crippen LogP contribution in [0.4, 0.5) is 0 Å². The molecule has 3 N–H and O–H groups in total. The van der Waals surface area contributed by atoms with Crippen molar-refractivity contribution in [3.63, 3.8) is 0 Å². The monoisotopic (exact) mass is 938 g/mol. The molecule has 0 aromatic carbocycles. The van der Waals surface area contributed by atoms with E-state index in [4.69, 9.17) is 36.0 Å².